The van der Waals surface area contributed by atoms with E-state index in [-0.39, 0.29) is 6.10 Å². The molecule has 0 aliphatic heterocycles. The molecule has 0 aromatic heterocycles. The Kier molecular flexibility index (Phi) is 7.94. The monoisotopic (exact) mass is 508 g/mol. The normalized spacial score (nSPS) is 12.0. The summed E-state index contributed by atoms with van der Waals surface area (Å²) in [5.41, 5.74) is 4.46. The molecule has 5 aromatic rings. The third-order valence-electron chi connectivity index (χ3n) is 6.93. The lowest BCUT2D eigenvalue weighted by Crippen LogP contribution is -2.69. The summed E-state index contributed by atoms with van der Waals surface area (Å²) in [5.74, 6) is 0. The minimum absolute atomic E-state index is 0.301. The topological polar surface area (TPSA) is 9.23 Å². The third kappa shape index (κ3) is 5.23. The smallest absolute Gasteiger partial charge is 0.289 e. The standard InChI is InChI=1S/C36H32OSi/c1-3-16-29(2)36(32-27-25-31(26-28-32)30-17-8-4-9-18-30)37-38(33-19-10-5-11-20-33,34-21-12-6-13-22-34)35-23-14-7-15-24-35/h3-15,17-28,36H,1-2,16H2. The molecule has 38 heavy (non-hydrogen) atoms. The molecule has 1 unspecified atom stereocenters. The van der Waals surface area contributed by atoms with Crippen molar-refractivity contribution in [3.05, 3.63) is 176 Å². The van der Waals surface area contributed by atoms with E-state index >= 15 is 0 Å². The summed E-state index contributed by atoms with van der Waals surface area (Å²) >= 11 is 0. The van der Waals surface area contributed by atoms with Gasteiger partial charge < -0.3 is 4.43 Å². The SMILES string of the molecule is C=CCC(=C)C(O[Si](c1ccccc1)(c1ccccc1)c1ccccc1)c1ccc(-c2ccccc2)cc1. The number of benzene rings is 5. The highest BCUT2D eigenvalue weighted by molar-refractivity contribution is 7.07. The lowest BCUT2D eigenvalue weighted by Gasteiger charge is -2.37. The third-order valence-corrected chi connectivity index (χ3v) is 11.0. The van der Waals surface area contributed by atoms with Gasteiger partial charge in [0.2, 0.25) is 0 Å². The molecule has 0 bridgehead atoms. The molecule has 0 fully saturated rings. The van der Waals surface area contributed by atoms with Gasteiger partial charge in [-0.05, 0) is 44.2 Å². The van der Waals surface area contributed by atoms with E-state index in [9.17, 15) is 0 Å². The molecule has 0 saturated carbocycles. The maximum absolute atomic E-state index is 7.53. The molecule has 1 atom stereocenters. The molecule has 186 valence electrons. The minimum atomic E-state index is -2.93. The largest absolute Gasteiger partial charge is 0.393 e. The van der Waals surface area contributed by atoms with Crippen molar-refractivity contribution in [2.75, 3.05) is 0 Å². The van der Waals surface area contributed by atoms with Crippen LogP contribution in [-0.2, 0) is 4.43 Å². The van der Waals surface area contributed by atoms with Crippen LogP contribution in [-0.4, -0.2) is 8.32 Å². The highest BCUT2D eigenvalue weighted by Crippen LogP contribution is 2.32. The van der Waals surface area contributed by atoms with Crippen molar-refractivity contribution in [2.45, 2.75) is 12.5 Å². The Morgan fingerprint density at radius 3 is 1.39 bits per heavy atom. The molecule has 0 aliphatic carbocycles. The Morgan fingerprint density at radius 1 is 0.579 bits per heavy atom. The van der Waals surface area contributed by atoms with Gasteiger partial charge in [-0.3, -0.25) is 0 Å². The first-order chi connectivity index (χ1) is 18.7. The molecule has 0 aliphatic rings. The van der Waals surface area contributed by atoms with Gasteiger partial charge in [-0.1, -0.05) is 158 Å². The highest BCUT2D eigenvalue weighted by atomic mass is 28.4. The van der Waals surface area contributed by atoms with E-state index in [1.165, 1.54) is 26.7 Å². The van der Waals surface area contributed by atoms with Gasteiger partial charge in [0, 0.05) is 0 Å². The van der Waals surface area contributed by atoms with Crippen LogP contribution in [0.2, 0.25) is 0 Å². The fraction of sp³-hybridized carbons (Fsp3) is 0.0556. The summed E-state index contributed by atoms with van der Waals surface area (Å²) in [5, 5.41) is 3.61. The van der Waals surface area contributed by atoms with E-state index in [1.54, 1.807) is 0 Å². The fourth-order valence-corrected chi connectivity index (χ4v) is 9.11. The number of hydrogen-bond acceptors (Lipinski definition) is 1. The molecule has 0 spiro atoms. The molecular formula is C36H32OSi. The molecule has 0 amide bonds. The van der Waals surface area contributed by atoms with E-state index in [1.807, 2.05) is 12.1 Å². The Bertz CT molecular complexity index is 1360. The van der Waals surface area contributed by atoms with Gasteiger partial charge in [0.1, 0.15) is 0 Å². The summed E-state index contributed by atoms with van der Waals surface area (Å²) in [7, 11) is -2.93. The van der Waals surface area contributed by atoms with Crippen LogP contribution in [0.4, 0.5) is 0 Å². The first-order valence-electron chi connectivity index (χ1n) is 13.0. The second-order valence-corrected chi connectivity index (χ2v) is 12.7. The second-order valence-electron chi connectivity index (χ2n) is 9.42. The number of rotatable bonds is 10. The molecule has 0 heterocycles. The van der Waals surface area contributed by atoms with Crippen LogP contribution >= 0.6 is 0 Å². The number of allylic oxidation sites excluding steroid dienone is 1. The maximum Gasteiger partial charge on any atom is 0.289 e. The van der Waals surface area contributed by atoms with E-state index in [2.05, 4.69) is 153 Å². The first kappa shape index (κ1) is 25.4. The summed E-state index contributed by atoms with van der Waals surface area (Å²) in [6, 6.07) is 51.2. The minimum Gasteiger partial charge on any atom is -0.393 e. The van der Waals surface area contributed by atoms with Gasteiger partial charge in [0.05, 0.1) is 6.10 Å². The van der Waals surface area contributed by atoms with Crippen LogP contribution in [0.25, 0.3) is 11.1 Å². The zero-order valence-corrected chi connectivity index (χ0v) is 22.5. The van der Waals surface area contributed by atoms with Gasteiger partial charge >= 0.3 is 0 Å². The van der Waals surface area contributed by atoms with Crippen LogP contribution in [0, 0.1) is 0 Å². The molecule has 2 heteroatoms. The summed E-state index contributed by atoms with van der Waals surface area (Å²) in [4.78, 5) is 0. The average Bonchev–Trinajstić information content (AvgIpc) is 3.00. The van der Waals surface area contributed by atoms with Crippen molar-refractivity contribution in [3.8, 4) is 11.1 Å². The fourth-order valence-electron chi connectivity index (χ4n) is 5.06. The lowest BCUT2D eigenvalue weighted by molar-refractivity contribution is 0.243. The predicted octanol–water partition coefficient (Wildman–Crippen LogP) is 7.21. The molecule has 5 aromatic carbocycles. The van der Waals surface area contributed by atoms with Gasteiger partial charge in [-0.25, -0.2) is 0 Å². The Hall–Kier alpha value is -4.24. The average molecular weight is 509 g/mol. The van der Waals surface area contributed by atoms with Crippen LogP contribution < -0.4 is 15.6 Å². The van der Waals surface area contributed by atoms with Gasteiger partial charge in [0.15, 0.2) is 0 Å². The molecule has 0 N–H and O–H groups in total. The predicted molar refractivity (Wildman–Crippen MR) is 164 cm³/mol. The van der Waals surface area contributed by atoms with E-state index < -0.39 is 8.32 Å². The van der Waals surface area contributed by atoms with Gasteiger partial charge in [-0.15, -0.1) is 6.58 Å². The van der Waals surface area contributed by atoms with Crippen molar-refractivity contribution < 1.29 is 4.43 Å². The number of hydrogen-bond donors (Lipinski definition) is 0. The molecule has 0 saturated heterocycles. The van der Waals surface area contributed by atoms with Gasteiger partial charge in [-0.2, -0.15) is 0 Å². The van der Waals surface area contributed by atoms with E-state index in [0.717, 1.165) is 11.1 Å². The van der Waals surface area contributed by atoms with E-state index in [4.69, 9.17) is 4.43 Å². The summed E-state index contributed by atoms with van der Waals surface area (Å²) in [6.07, 6.45) is 2.28. The summed E-state index contributed by atoms with van der Waals surface area (Å²) in [6.45, 7) is 8.49. The van der Waals surface area contributed by atoms with Crippen molar-refractivity contribution in [1.82, 2.24) is 0 Å². The maximum atomic E-state index is 7.53. The quantitative estimate of drug-likeness (QED) is 0.110. The van der Waals surface area contributed by atoms with Crippen LogP contribution in [0.15, 0.2) is 170 Å². The molecule has 0 radical (unpaired) electrons. The summed E-state index contributed by atoms with van der Waals surface area (Å²) < 4.78 is 7.53. The molecular weight excluding hydrogens is 476 g/mol. The van der Waals surface area contributed by atoms with Crippen molar-refractivity contribution >= 4 is 23.9 Å². The Morgan fingerprint density at radius 2 is 0.974 bits per heavy atom. The second kappa shape index (κ2) is 11.9. The Labute approximate surface area is 227 Å². The van der Waals surface area contributed by atoms with Crippen LogP contribution in [0.3, 0.4) is 0 Å². The first-order valence-corrected chi connectivity index (χ1v) is 14.9. The Balaban J connectivity index is 1.68. The highest BCUT2D eigenvalue weighted by Gasteiger charge is 2.44. The van der Waals surface area contributed by atoms with Crippen molar-refractivity contribution in [1.29, 1.82) is 0 Å². The van der Waals surface area contributed by atoms with Crippen LogP contribution in [0.1, 0.15) is 18.1 Å². The van der Waals surface area contributed by atoms with Crippen molar-refractivity contribution in [2.24, 2.45) is 0 Å². The van der Waals surface area contributed by atoms with E-state index in [0.29, 0.717) is 6.42 Å². The van der Waals surface area contributed by atoms with Crippen molar-refractivity contribution in [3.63, 3.8) is 0 Å². The molecule has 1 nitrogen and oxygen atoms in total. The van der Waals surface area contributed by atoms with Crippen LogP contribution in [0.5, 0.6) is 0 Å². The lowest BCUT2D eigenvalue weighted by atomic mass is 9.97. The molecule has 5 rings (SSSR count). The zero-order chi connectivity index (χ0) is 26.2. The zero-order valence-electron chi connectivity index (χ0n) is 21.5. The van der Waals surface area contributed by atoms with Gasteiger partial charge in [0.25, 0.3) is 8.32 Å².